The molecule has 1 heterocycles. The Labute approximate surface area is 161 Å². The third kappa shape index (κ3) is 5.99. The molecule has 1 aromatic carbocycles. The van der Waals surface area contributed by atoms with E-state index in [2.05, 4.69) is 17.6 Å². The van der Waals surface area contributed by atoms with Crippen molar-refractivity contribution in [1.82, 2.24) is 0 Å². The Morgan fingerprint density at radius 2 is 1.56 bits per heavy atom. The van der Waals surface area contributed by atoms with Crippen molar-refractivity contribution >= 4 is 29.8 Å². The molecule has 1 fully saturated rings. The summed E-state index contributed by atoms with van der Waals surface area (Å²) in [7, 11) is 0. The number of phenols is 1. The van der Waals surface area contributed by atoms with Crippen LogP contribution in [0.2, 0.25) is 0 Å². The number of phenolic OH excluding ortho intramolecular Hbond substituents is 1. The van der Waals surface area contributed by atoms with E-state index in [1.807, 2.05) is 0 Å². The molecule has 1 aliphatic carbocycles. The predicted octanol–water partition coefficient (Wildman–Crippen LogP) is -0.124. The molecule has 1 aliphatic heterocycles. The Kier molecular flexibility index (Phi) is 7.72. The second-order valence-corrected chi connectivity index (χ2v) is 6.35. The molecule has 1 saturated heterocycles. The molecule has 27 heavy (non-hydrogen) atoms. The van der Waals surface area contributed by atoms with Gasteiger partial charge in [-0.05, 0) is 48.6 Å². The highest BCUT2D eigenvalue weighted by atomic mass is 32.1. The first-order valence-electron chi connectivity index (χ1n) is 8.08. The summed E-state index contributed by atoms with van der Waals surface area (Å²) in [5.41, 5.74) is 0.590. The van der Waals surface area contributed by atoms with Crippen LogP contribution < -0.4 is 0 Å². The number of carbonyl (C=O) groups excluding carboxylic acids is 1. The number of allylic oxidation sites excluding steroid dienone is 4. The maximum Gasteiger partial charge on any atom is 0.178 e. The largest absolute Gasteiger partial charge is 0.508 e. The topological polar surface area (TPSA) is 140 Å². The minimum absolute atomic E-state index is 0.0281. The molecule has 0 saturated carbocycles. The molecule has 0 amide bonds. The number of thiol groups is 1. The number of ether oxygens (including phenoxy) is 1. The monoisotopic (exact) mass is 395 g/mol. The number of aliphatic imine (C=N–C) groups is 1. The highest BCUT2D eigenvalue weighted by Crippen LogP contribution is 2.22. The molecular weight excluding hydrogens is 374 g/mol. The number of rotatable bonds is 2. The van der Waals surface area contributed by atoms with Crippen LogP contribution in [0.5, 0.6) is 5.75 Å². The summed E-state index contributed by atoms with van der Waals surface area (Å²) in [6.45, 7) is -0.415. The van der Waals surface area contributed by atoms with Gasteiger partial charge in [-0.2, -0.15) is 0 Å². The van der Waals surface area contributed by atoms with Crippen LogP contribution in [0.25, 0.3) is 0 Å². The lowest BCUT2D eigenvalue weighted by atomic mass is 10.0. The van der Waals surface area contributed by atoms with Crippen LogP contribution >= 0.6 is 12.6 Å². The van der Waals surface area contributed by atoms with Gasteiger partial charge in [-0.15, -0.1) is 12.6 Å². The highest BCUT2D eigenvalue weighted by molar-refractivity contribution is 7.80. The van der Waals surface area contributed by atoms with Crippen LogP contribution in [0, 0.1) is 0 Å². The van der Waals surface area contributed by atoms with Gasteiger partial charge >= 0.3 is 0 Å². The van der Waals surface area contributed by atoms with E-state index in [4.69, 9.17) is 20.1 Å². The summed E-state index contributed by atoms with van der Waals surface area (Å²) in [6.07, 6.45) is 1.56. The van der Waals surface area contributed by atoms with Crippen LogP contribution in [-0.2, 0) is 9.53 Å². The predicted molar refractivity (Wildman–Crippen MR) is 101 cm³/mol. The summed E-state index contributed by atoms with van der Waals surface area (Å²) in [4.78, 5) is 15.1. The van der Waals surface area contributed by atoms with Crippen LogP contribution in [-0.4, -0.2) is 73.5 Å². The molecule has 3 rings (SSSR count). The summed E-state index contributed by atoms with van der Waals surface area (Å²) < 4.78 is 4.88. The van der Waals surface area contributed by atoms with Gasteiger partial charge in [0.25, 0.3) is 0 Å². The third-order valence-corrected chi connectivity index (χ3v) is 4.24. The van der Waals surface area contributed by atoms with Crippen LogP contribution in [0.4, 0.5) is 5.69 Å². The number of aromatic hydroxyl groups is 1. The lowest BCUT2D eigenvalue weighted by molar-refractivity contribution is -0.205. The zero-order valence-corrected chi connectivity index (χ0v) is 15.1. The Balaban J connectivity index is 0.000000199. The van der Waals surface area contributed by atoms with Crippen molar-refractivity contribution in [2.45, 2.75) is 29.9 Å². The van der Waals surface area contributed by atoms with E-state index >= 15 is 0 Å². The molecule has 2 aliphatic rings. The Morgan fingerprint density at radius 3 is 2.11 bits per heavy atom. The van der Waals surface area contributed by atoms with Crippen molar-refractivity contribution < 1.29 is 35.1 Å². The molecule has 8 nitrogen and oxygen atoms in total. The van der Waals surface area contributed by atoms with Gasteiger partial charge in [-0.25, -0.2) is 4.99 Å². The van der Waals surface area contributed by atoms with E-state index in [0.29, 0.717) is 0 Å². The van der Waals surface area contributed by atoms with Crippen molar-refractivity contribution in [1.29, 1.82) is 0 Å². The average Bonchev–Trinajstić information content (AvgIpc) is 2.67. The smallest absolute Gasteiger partial charge is 0.178 e. The maximum absolute atomic E-state index is 10.8. The molecule has 5 N–H and O–H groups in total. The standard InChI is InChI=1S/C12H9NO2.C6H12O5S/c14-11-5-1-9(2-6-11)13-10-3-7-12(15)8-4-10;7-1-2-3(8)4(9)5(10)6(12)11-2/h1-8,14H;2-10,12H,1H2/t;2-,3+,4+,5-,6?/m.1/s1. The summed E-state index contributed by atoms with van der Waals surface area (Å²) in [5.74, 6) is 0.184. The molecule has 5 atom stereocenters. The summed E-state index contributed by atoms with van der Waals surface area (Å²) >= 11 is 3.81. The number of hydrogen-bond donors (Lipinski definition) is 6. The van der Waals surface area contributed by atoms with Gasteiger partial charge in [-0.1, -0.05) is 0 Å². The van der Waals surface area contributed by atoms with Crippen molar-refractivity contribution in [3.05, 3.63) is 48.6 Å². The number of benzene rings is 1. The van der Waals surface area contributed by atoms with Crippen LogP contribution in [0.1, 0.15) is 0 Å². The van der Waals surface area contributed by atoms with Gasteiger partial charge in [0.1, 0.15) is 35.6 Å². The van der Waals surface area contributed by atoms with Crippen molar-refractivity contribution in [2.75, 3.05) is 6.61 Å². The van der Waals surface area contributed by atoms with Crippen LogP contribution in [0.15, 0.2) is 53.6 Å². The van der Waals surface area contributed by atoms with E-state index in [9.17, 15) is 15.0 Å². The Hall–Kier alpha value is -2.01. The van der Waals surface area contributed by atoms with E-state index in [0.717, 1.165) is 11.4 Å². The first-order chi connectivity index (χ1) is 12.8. The number of nitrogens with zero attached hydrogens (tertiary/aromatic N) is 1. The fourth-order valence-electron chi connectivity index (χ4n) is 2.28. The minimum atomic E-state index is -1.32. The minimum Gasteiger partial charge on any atom is -0.508 e. The van der Waals surface area contributed by atoms with E-state index < -0.39 is 36.5 Å². The number of hydrogen-bond acceptors (Lipinski definition) is 9. The quantitative estimate of drug-likeness (QED) is 0.303. The summed E-state index contributed by atoms with van der Waals surface area (Å²) in [5, 5.41) is 45.3. The van der Waals surface area contributed by atoms with Gasteiger partial charge in [0.15, 0.2) is 5.78 Å². The van der Waals surface area contributed by atoms with E-state index in [1.54, 1.807) is 36.4 Å². The van der Waals surface area contributed by atoms with E-state index in [1.165, 1.54) is 12.2 Å². The lowest BCUT2D eigenvalue weighted by Crippen LogP contribution is -2.56. The highest BCUT2D eigenvalue weighted by Gasteiger charge is 2.41. The molecule has 0 bridgehead atoms. The molecule has 1 aromatic rings. The Morgan fingerprint density at radius 1 is 0.963 bits per heavy atom. The van der Waals surface area contributed by atoms with Crippen LogP contribution in [0.3, 0.4) is 0 Å². The number of carbonyl (C=O) groups is 1. The second-order valence-electron chi connectivity index (χ2n) is 5.84. The fourth-order valence-corrected chi connectivity index (χ4v) is 2.61. The zero-order chi connectivity index (χ0) is 20.0. The normalized spacial score (nSPS) is 29.9. The third-order valence-electron chi connectivity index (χ3n) is 3.81. The second kappa shape index (κ2) is 9.79. The molecular formula is C18H21NO7S. The van der Waals surface area contributed by atoms with Gasteiger partial charge < -0.3 is 30.3 Å². The average molecular weight is 395 g/mol. The zero-order valence-electron chi connectivity index (χ0n) is 14.2. The van der Waals surface area contributed by atoms with Gasteiger partial charge in [0.2, 0.25) is 0 Å². The number of aliphatic hydroxyl groups excluding tert-OH is 4. The molecule has 1 unspecified atom stereocenters. The lowest BCUT2D eigenvalue weighted by Gasteiger charge is -2.37. The fraction of sp³-hybridized carbons (Fsp3) is 0.333. The van der Waals surface area contributed by atoms with Gasteiger partial charge in [0.05, 0.1) is 18.0 Å². The van der Waals surface area contributed by atoms with Gasteiger partial charge in [0, 0.05) is 0 Å². The maximum atomic E-state index is 10.8. The number of ketones is 1. The van der Waals surface area contributed by atoms with Gasteiger partial charge in [-0.3, -0.25) is 4.79 Å². The Bertz CT molecular complexity index is 709. The first-order valence-corrected chi connectivity index (χ1v) is 8.60. The van der Waals surface area contributed by atoms with Crippen molar-refractivity contribution in [3.8, 4) is 5.75 Å². The first kappa shape index (κ1) is 21.3. The summed E-state index contributed by atoms with van der Waals surface area (Å²) in [6, 6.07) is 6.56. The molecule has 0 aromatic heterocycles. The SMILES string of the molecule is O=C1C=CC(=Nc2ccc(O)cc2)C=C1.OC[C@H]1OC(S)[C@H](O)[C@@H](O)[C@H]1O. The number of aliphatic hydroxyl groups is 4. The molecule has 9 heteroatoms. The molecule has 0 spiro atoms. The molecule has 0 radical (unpaired) electrons. The van der Waals surface area contributed by atoms with Crippen molar-refractivity contribution in [3.63, 3.8) is 0 Å². The van der Waals surface area contributed by atoms with Crippen molar-refractivity contribution in [2.24, 2.45) is 4.99 Å². The van der Waals surface area contributed by atoms with E-state index in [-0.39, 0.29) is 11.5 Å². The molecule has 146 valence electrons.